The molecule has 0 bridgehead atoms. The third kappa shape index (κ3) is 4.50. The Morgan fingerprint density at radius 1 is 1.43 bits per heavy atom. The lowest BCUT2D eigenvalue weighted by Crippen LogP contribution is -2.34. The topological polar surface area (TPSA) is 40.5 Å². The van der Waals surface area contributed by atoms with Crippen LogP contribution in [0.3, 0.4) is 0 Å². The first-order chi connectivity index (χ1) is 10.1. The minimum absolute atomic E-state index is 0.688. The van der Waals surface area contributed by atoms with Crippen LogP contribution in [0.2, 0.25) is 5.02 Å². The van der Waals surface area contributed by atoms with Crippen LogP contribution in [0, 0.1) is 5.92 Å². The average Bonchev–Trinajstić information content (AvgIpc) is 2.47. The number of hydrogen-bond acceptors (Lipinski definition) is 2. The number of halogens is 1. The smallest absolute Gasteiger partial charge is 0.328 e. The molecule has 0 unspecified atom stereocenters. The lowest BCUT2D eigenvalue weighted by molar-refractivity contribution is -0.131. The summed E-state index contributed by atoms with van der Waals surface area (Å²) in [6, 6.07) is 5.62. The van der Waals surface area contributed by atoms with Crippen molar-refractivity contribution in [1.82, 2.24) is 0 Å². The van der Waals surface area contributed by atoms with Gasteiger partial charge >= 0.3 is 5.97 Å². The van der Waals surface area contributed by atoms with Gasteiger partial charge in [0, 0.05) is 29.9 Å². The van der Waals surface area contributed by atoms with Crippen molar-refractivity contribution in [2.75, 3.05) is 18.0 Å². The molecule has 4 heteroatoms. The monoisotopic (exact) mass is 307 g/mol. The Morgan fingerprint density at radius 2 is 2.14 bits per heavy atom. The zero-order valence-electron chi connectivity index (χ0n) is 12.4. The Kier molecular flexibility index (Phi) is 5.68. The Bertz CT molecular complexity index is 520. The molecule has 1 aromatic rings. The molecule has 1 aromatic carbocycles. The number of hydrogen-bond donors (Lipinski definition) is 1. The fourth-order valence-corrected chi connectivity index (χ4v) is 3.13. The number of carboxylic acids is 1. The molecule has 3 nitrogen and oxygen atoms in total. The molecule has 0 amide bonds. The highest BCUT2D eigenvalue weighted by molar-refractivity contribution is 6.31. The molecule has 0 radical (unpaired) electrons. The molecule has 1 aliphatic rings. The van der Waals surface area contributed by atoms with Crippen molar-refractivity contribution >= 4 is 29.3 Å². The molecule has 1 N–H and O–H groups in total. The van der Waals surface area contributed by atoms with E-state index < -0.39 is 5.97 Å². The molecule has 0 spiro atoms. The van der Waals surface area contributed by atoms with Crippen LogP contribution in [0.15, 0.2) is 24.3 Å². The number of rotatable bonds is 5. The first-order valence-electron chi connectivity index (χ1n) is 7.55. The van der Waals surface area contributed by atoms with Crippen LogP contribution in [-0.2, 0) is 4.79 Å². The van der Waals surface area contributed by atoms with Gasteiger partial charge in [-0.3, -0.25) is 0 Å². The molecule has 1 fully saturated rings. The van der Waals surface area contributed by atoms with Gasteiger partial charge in [0.05, 0.1) is 0 Å². The van der Waals surface area contributed by atoms with Crippen molar-refractivity contribution in [3.8, 4) is 0 Å². The lowest BCUT2D eigenvalue weighted by Gasteiger charge is -2.34. The summed E-state index contributed by atoms with van der Waals surface area (Å²) in [6.45, 7) is 4.26. The second-order valence-corrected chi connectivity index (χ2v) is 6.03. The van der Waals surface area contributed by atoms with E-state index in [1.54, 1.807) is 12.1 Å². The first kappa shape index (κ1) is 15.9. The van der Waals surface area contributed by atoms with Crippen LogP contribution in [0.4, 0.5) is 5.69 Å². The molecule has 21 heavy (non-hydrogen) atoms. The Labute approximate surface area is 131 Å². The third-order valence-electron chi connectivity index (χ3n) is 4.05. The summed E-state index contributed by atoms with van der Waals surface area (Å²) in [5.74, 6) is -0.110. The minimum atomic E-state index is -0.933. The summed E-state index contributed by atoms with van der Waals surface area (Å²) in [5.41, 5.74) is 1.95. The molecule has 1 aliphatic heterocycles. The summed E-state index contributed by atoms with van der Waals surface area (Å²) >= 11 is 6.11. The van der Waals surface area contributed by atoms with Gasteiger partial charge in [-0.15, -0.1) is 0 Å². The fraction of sp³-hybridized carbons (Fsp3) is 0.471. The van der Waals surface area contributed by atoms with Crippen molar-refractivity contribution in [2.45, 2.75) is 32.6 Å². The SMILES string of the molecule is CCCC1CCN(c2cc(Cl)ccc2/C=C/C(=O)O)CC1. The molecule has 2 rings (SSSR count). The third-order valence-corrected chi connectivity index (χ3v) is 4.29. The van der Waals surface area contributed by atoms with Crippen molar-refractivity contribution in [3.05, 3.63) is 34.9 Å². The largest absolute Gasteiger partial charge is 0.478 e. The highest BCUT2D eigenvalue weighted by Gasteiger charge is 2.20. The number of piperidine rings is 1. The van der Waals surface area contributed by atoms with Crippen LogP contribution in [0.5, 0.6) is 0 Å². The molecule has 0 aromatic heterocycles. The maximum Gasteiger partial charge on any atom is 0.328 e. The number of anilines is 1. The van der Waals surface area contributed by atoms with E-state index in [1.165, 1.54) is 31.8 Å². The molecule has 0 aliphatic carbocycles. The Balaban J connectivity index is 2.15. The van der Waals surface area contributed by atoms with E-state index >= 15 is 0 Å². The molecule has 1 heterocycles. The van der Waals surface area contributed by atoms with Gasteiger partial charge in [0.2, 0.25) is 0 Å². The standard InChI is InChI=1S/C17H22ClNO2/c1-2-3-13-8-10-19(11-9-13)16-12-15(18)6-4-14(16)5-7-17(20)21/h4-7,12-13H,2-3,8-11H2,1H3,(H,20,21)/b7-5+. The summed E-state index contributed by atoms with van der Waals surface area (Å²) in [5, 5.41) is 9.49. The Hall–Kier alpha value is -1.48. The van der Waals surface area contributed by atoms with Gasteiger partial charge in [-0.05, 0) is 42.5 Å². The van der Waals surface area contributed by atoms with Crippen LogP contribution in [-0.4, -0.2) is 24.2 Å². The van der Waals surface area contributed by atoms with Gasteiger partial charge in [0.1, 0.15) is 0 Å². The summed E-state index contributed by atoms with van der Waals surface area (Å²) in [6.07, 6.45) is 7.76. The van der Waals surface area contributed by atoms with Crippen molar-refractivity contribution < 1.29 is 9.90 Å². The predicted molar refractivity (Wildman–Crippen MR) is 88.0 cm³/mol. The maximum atomic E-state index is 10.7. The number of benzene rings is 1. The van der Waals surface area contributed by atoms with E-state index in [9.17, 15) is 4.79 Å². The average molecular weight is 308 g/mol. The summed E-state index contributed by atoms with van der Waals surface area (Å²) in [4.78, 5) is 13.0. The first-order valence-corrected chi connectivity index (χ1v) is 7.93. The second-order valence-electron chi connectivity index (χ2n) is 5.59. The summed E-state index contributed by atoms with van der Waals surface area (Å²) in [7, 11) is 0. The number of nitrogens with zero attached hydrogens (tertiary/aromatic N) is 1. The van der Waals surface area contributed by atoms with Gasteiger partial charge in [0.15, 0.2) is 0 Å². The van der Waals surface area contributed by atoms with Crippen LogP contribution in [0.1, 0.15) is 38.2 Å². The minimum Gasteiger partial charge on any atom is -0.478 e. The second kappa shape index (κ2) is 7.51. The van der Waals surface area contributed by atoms with Crippen molar-refractivity contribution in [3.63, 3.8) is 0 Å². The van der Waals surface area contributed by atoms with E-state index in [4.69, 9.17) is 16.7 Å². The van der Waals surface area contributed by atoms with Gasteiger partial charge in [-0.2, -0.15) is 0 Å². The highest BCUT2D eigenvalue weighted by atomic mass is 35.5. The van der Waals surface area contributed by atoms with Crippen LogP contribution < -0.4 is 4.90 Å². The van der Waals surface area contributed by atoms with E-state index in [0.717, 1.165) is 30.3 Å². The zero-order chi connectivity index (χ0) is 15.2. The van der Waals surface area contributed by atoms with Crippen LogP contribution >= 0.6 is 11.6 Å². The van der Waals surface area contributed by atoms with Crippen molar-refractivity contribution in [1.29, 1.82) is 0 Å². The molecule has 0 atom stereocenters. The molecule has 0 saturated carbocycles. The van der Waals surface area contributed by atoms with Gasteiger partial charge < -0.3 is 10.0 Å². The van der Waals surface area contributed by atoms with E-state index in [-0.39, 0.29) is 0 Å². The summed E-state index contributed by atoms with van der Waals surface area (Å²) < 4.78 is 0. The normalized spacial score (nSPS) is 16.6. The Morgan fingerprint density at radius 3 is 2.76 bits per heavy atom. The number of carboxylic acid groups (broad SMARTS) is 1. The van der Waals surface area contributed by atoms with Gasteiger partial charge in [0.25, 0.3) is 0 Å². The number of carbonyl (C=O) groups is 1. The predicted octanol–water partition coefficient (Wildman–Crippen LogP) is 4.45. The zero-order valence-corrected chi connectivity index (χ0v) is 13.1. The van der Waals surface area contributed by atoms with E-state index in [1.807, 2.05) is 12.1 Å². The van der Waals surface area contributed by atoms with E-state index in [0.29, 0.717) is 5.02 Å². The van der Waals surface area contributed by atoms with Crippen molar-refractivity contribution in [2.24, 2.45) is 5.92 Å². The van der Waals surface area contributed by atoms with Crippen LogP contribution in [0.25, 0.3) is 6.08 Å². The van der Waals surface area contributed by atoms with E-state index in [2.05, 4.69) is 11.8 Å². The molecule has 1 saturated heterocycles. The number of aliphatic carboxylic acids is 1. The molecular weight excluding hydrogens is 286 g/mol. The van der Waals surface area contributed by atoms with Gasteiger partial charge in [-0.1, -0.05) is 37.4 Å². The maximum absolute atomic E-state index is 10.7. The molecule has 114 valence electrons. The molecular formula is C17H22ClNO2. The van der Waals surface area contributed by atoms with Gasteiger partial charge in [-0.25, -0.2) is 4.79 Å². The quantitative estimate of drug-likeness (QED) is 0.817. The highest BCUT2D eigenvalue weighted by Crippen LogP contribution is 2.31. The lowest BCUT2D eigenvalue weighted by atomic mass is 9.92. The fourth-order valence-electron chi connectivity index (χ4n) is 2.96.